The molecule has 1 fully saturated rings. The lowest BCUT2D eigenvalue weighted by molar-refractivity contribution is -0.122. The molecule has 1 aliphatic rings. The Bertz CT molecular complexity index is 498. The molecule has 1 amide bonds. The van der Waals surface area contributed by atoms with Crippen LogP contribution in [0.3, 0.4) is 0 Å². The molecule has 0 bridgehead atoms. The van der Waals surface area contributed by atoms with Gasteiger partial charge in [-0.1, -0.05) is 50.3 Å². The van der Waals surface area contributed by atoms with Crippen LogP contribution in [0.2, 0.25) is 0 Å². The predicted molar refractivity (Wildman–Crippen MR) is 86.0 cm³/mol. The zero-order valence-corrected chi connectivity index (χ0v) is 12.9. The molecule has 1 aromatic rings. The number of carbonyl (C=O) groups is 1. The van der Waals surface area contributed by atoms with Crippen LogP contribution in [0.5, 0.6) is 0 Å². The smallest absolute Gasteiger partial charge is 0.223 e. The average Bonchev–Trinajstić information content (AvgIpc) is 2.43. The van der Waals surface area contributed by atoms with Crippen molar-refractivity contribution in [2.45, 2.75) is 51.0 Å². The number of hydrogen-bond donors (Lipinski definition) is 2. The number of rotatable bonds is 6. The van der Waals surface area contributed by atoms with E-state index < -0.39 is 5.60 Å². The Morgan fingerprint density at radius 3 is 2.52 bits per heavy atom. The van der Waals surface area contributed by atoms with E-state index in [0.29, 0.717) is 18.9 Å². The van der Waals surface area contributed by atoms with Crippen LogP contribution in [-0.4, -0.2) is 23.2 Å². The molecular weight excluding hydrogens is 262 g/mol. The van der Waals surface area contributed by atoms with E-state index in [4.69, 9.17) is 0 Å². The van der Waals surface area contributed by atoms with Crippen molar-refractivity contribution in [3.05, 3.63) is 41.5 Å². The number of hydrogen-bond acceptors (Lipinski definition) is 2. The van der Waals surface area contributed by atoms with Gasteiger partial charge in [-0.25, -0.2) is 0 Å². The third-order valence-corrected chi connectivity index (χ3v) is 4.12. The quantitative estimate of drug-likeness (QED) is 0.844. The maximum Gasteiger partial charge on any atom is 0.223 e. The van der Waals surface area contributed by atoms with Crippen LogP contribution in [0.1, 0.15) is 56.6 Å². The number of amides is 1. The van der Waals surface area contributed by atoms with Crippen molar-refractivity contribution < 1.29 is 9.90 Å². The van der Waals surface area contributed by atoms with Gasteiger partial charge in [-0.2, -0.15) is 0 Å². The fourth-order valence-electron chi connectivity index (χ4n) is 2.39. The second kappa shape index (κ2) is 6.90. The second-order valence-corrected chi connectivity index (χ2v) is 6.28. The minimum absolute atomic E-state index is 0.0367. The molecule has 3 nitrogen and oxygen atoms in total. The average molecular weight is 287 g/mol. The van der Waals surface area contributed by atoms with Crippen LogP contribution >= 0.6 is 0 Å². The number of benzene rings is 1. The summed E-state index contributed by atoms with van der Waals surface area (Å²) in [7, 11) is 0. The molecule has 0 saturated heterocycles. The van der Waals surface area contributed by atoms with Crippen LogP contribution in [0.15, 0.2) is 30.3 Å². The van der Waals surface area contributed by atoms with Crippen LogP contribution in [0.25, 0.3) is 6.08 Å². The number of carbonyl (C=O) groups excluding carboxylic acids is 1. The van der Waals surface area contributed by atoms with Gasteiger partial charge in [-0.05, 0) is 36.3 Å². The van der Waals surface area contributed by atoms with E-state index in [9.17, 15) is 9.90 Å². The molecule has 0 atom stereocenters. The van der Waals surface area contributed by atoms with Gasteiger partial charge >= 0.3 is 0 Å². The van der Waals surface area contributed by atoms with E-state index in [1.165, 1.54) is 5.56 Å². The first-order chi connectivity index (χ1) is 9.98. The molecule has 0 aliphatic heterocycles. The van der Waals surface area contributed by atoms with E-state index in [0.717, 1.165) is 24.8 Å². The number of nitrogens with one attached hydrogen (secondary N) is 1. The third kappa shape index (κ3) is 4.71. The lowest BCUT2D eigenvalue weighted by atomic mass is 9.80. The monoisotopic (exact) mass is 287 g/mol. The van der Waals surface area contributed by atoms with Crippen molar-refractivity contribution in [2.24, 2.45) is 0 Å². The Balaban J connectivity index is 1.75. The summed E-state index contributed by atoms with van der Waals surface area (Å²) >= 11 is 0. The summed E-state index contributed by atoms with van der Waals surface area (Å²) in [6.07, 6.45) is 6.82. The lowest BCUT2D eigenvalue weighted by Crippen LogP contribution is -2.47. The first-order valence-corrected chi connectivity index (χ1v) is 7.74. The standard InChI is InChI=1S/C18H25NO2/c1-14(2)16-9-7-15(8-10-16)5-3-6-17(20)19-13-18(21)11-4-12-18/h3,5,7-10,14,21H,4,6,11-13H2,1-2H3,(H,19,20)/b5-3+. The summed E-state index contributed by atoms with van der Waals surface area (Å²) in [4.78, 5) is 11.7. The first kappa shape index (κ1) is 15.8. The fourth-order valence-corrected chi connectivity index (χ4v) is 2.39. The minimum Gasteiger partial charge on any atom is -0.388 e. The summed E-state index contributed by atoms with van der Waals surface area (Å²) in [5.41, 5.74) is 1.77. The van der Waals surface area contributed by atoms with E-state index in [1.807, 2.05) is 12.2 Å². The third-order valence-electron chi connectivity index (χ3n) is 4.12. The summed E-state index contributed by atoms with van der Waals surface area (Å²) < 4.78 is 0. The Morgan fingerprint density at radius 1 is 1.33 bits per heavy atom. The maximum atomic E-state index is 11.7. The van der Waals surface area contributed by atoms with Crippen LogP contribution in [0, 0.1) is 0 Å². The SMILES string of the molecule is CC(C)c1ccc(/C=C/CC(=O)NCC2(O)CCC2)cc1. The van der Waals surface area contributed by atoms with E-state index in [1.54, 1.807) is 0 Å². The van der Waals surface area contributed by atoms with Gasteiger partial charge in [0.1, 0.15) is 0 Å². The lowest BCUT2D eigenvalue weighted by Gasteiger charge is -2.36. The van der Waals surface area contributed by atoms with Crippen molar-refractivity contribution in [3.63, 3.8) is 0 Å². The van der Waals surface area contributed by atoms with Gasteiger partial charge in [0.05, 0.1) is 5.60 Å². The Morgan fingerprint density at radius 2 is 2.00 bits per heavy atom. The van der Waals surface area contributed by atoms with Gasteiger partial charge in [0.25, 0.3) is 0 Å². The van der Waals surface area contributed by atoms with Crippen molar-refractivity contribution in [3.8, 4) is 0 Å². The zero-order chi connectivity index (χ0) is 15.3. The molecule has 0 radical (unpaired) electrons. The molecule has 2 rings (SSSR count). The highest BCUT2D eigenvalue weighted by atomic mass is 16.3. The molecule has 2 N–H and O–H groups in total. The Kier molecular flexibility index (Phi) is 5.18. The van der Waals surface area contributed by atoms with Crippen molar-refractivity contribution in [2.75, 3.05) is 6.54 Å². The topological polar surface area (TPSA) is 49.3 Å². The van der Waals surface area contributed by atoms with Gasteiger partial charge in [0.2, 0.25) is 5.91 Å². The van der Waals surface area contributed by atoms with Crippen LogP contribution in [-0.2, 0) is 4.79 Å². The molecule has 0 spiro atoms. The van der Waals surface area contributed by atoms with Gasteiger partial charge in [-0.3, -0.25) is 4.79 Å². The first-order valence-electron chi connectivity index (χ1n) is 7.74. The highest BCUT2D eigenvalue weighted by Gasteiger charge is 2.34. The van der Waals surface area contributed by atoms with E-state index >= 15 is 0 Å². The molecule has 1 aromatic carbocycles. The van der Waals surface area contributed by atoms with Crippen LogP contribution < -0.4 is 5.32 Å². The minimum atomic E-state index is -0.647. The van der Waals surface area contributed by atoms with Gasteiger partial charge in [0.15, 0.2) is 0 Å². The van der Waals surface area contributed by atoms with Crippen molar-refractivity contribution in [1.82, 2.24) is 5.32 Å². The van der Waals surface area contributed by atoms with Crippen molar-refractivity contribution in [1.29, 1.82) is 0 Å². The van der Waals surface area contributed by atoms with E-state index in [2.05, 4.69) is 43.4 Å². The summed E-state index contributed by atoms with van der Waals surface area (Å²) in [5.74, 6) is 0.497. The maximum absolute atomic E-state index is 11.7. The molecule has 0 unspecified atom stereocenters. The molecule has 21 heavy (non-hydrogen) atoms. The Labute approximate surface area is 127 Å². The molecule has 0 heterocycles. The zero-order valence-electron chi connectivity index (χ0n) is 12.9. The molecule has 1 saturated carbocycles. The molecule has 1 aliphatic carbocycles. The Hall–Kier alpha value is -1.61. The highest BCUT2D eigenvalue weighted by molar-refractivity contribution is 5.78. The summed E-state index contributed by atoms with van der Waals surface area (Å²) in [5, 5.41) is 12.7. The highest BCUT2D eigenvalue weighted by Crippen LogP contribution is 2.30. The normalized spacial score (nSPS) is 17.0. The summed E-state index contributed by atoms with van der Waals surface area (Å²) in [6.45, 7) is 4.72. The molecular formula is C18H25NO2. The predicted octanol–water partition coefficient (Wildman–Crippen LogP) is 3.24. The van der Waals surface area contributed by atoms with Crippen molar-refractivity contribution >= 4 is 12.0 Å². The molecule has 114 valence electrons. The molecule has 3 heteroatoms. The van der Waals surface area contributed by atoms with Gasteiger partial charge < -0.3 is 10.4 Å². The number of aliphatic hydroxyl groups is 1. The fraction of sp³-hybridized carbons (Fsp3) is 0.500. The summed E-state index contributed by atoms with van der Waals surface area (Å²) in [6, 6.07) is 8.38. The molecule has 0 aromatic heterocycles. The van der Waals surface area contributed by atoms with E-state index in [-0.39, 0.29) is 5.91 Å². The van der Waals surface area contributed by atoms with Gasteiger partial charge in [-0.15, -0.1) is 0 Å². The largest absolute Gasteiger partial charge is 0.388 e. The van der Waals surface area contributed by atoms with Crippen LogP contribution in [0.4, 0.5) is 0 Å². The second-order valence-electron chi connectivity index (χ2n) is 6.28. The van der Waals surface area contributed by atoms with Gasteiger partial charge in [0, 0.05) is 13.0 Å².